The number of amides is 2. The molecule has 0 saturated heterocycles. The predicted octanol–water partition coefficient (Wildman–Crippen LogP) is 4.14. The largest absolute Gasteiger partial charge is 0.329 e. The third-order valence-corrected chi connectivity index (χ3v) is 6.78. The maximum Gasteiger partial charge on any atom is 0.284 e. The van der Waals surface area contributed by atoms with Crippen LogP contribution in [-0.2, 0) is 6.54 Å². The summed E-state index contributed by atoms with van der Waals surface area (Å²) in [6.45, 7) is 2.89. The van der Waals surface area contributed by atoms with Crippen molar-refractivity contribution in [1.29, 1.82) is 0 Å². The Morgan fingerprint density at radius 2 is 1.96 bits per heavy atom. The highest BCUT2D eigenvalue weighted by atomic mass is 32.1. The number of benzene rings is 1. The second kappa shape index (κ2) is 6.68. The van der Waals surface area contributed by atoms with Gasteiger partial charge in [-0.2, -0.15) is 0 Å². The van der Waals surface area contributed by atoms with Gasteiger partial charge in [-0.15, -0.1) is 22.7 Å². The van der Waals surface area contributed by atoms with Gasteiger partial charge in [-0.25, -0.2) is 5.48 Å². The van der Waals surface area contributed by atoms with Crippen LogP contribution in [-0.4, -0.2) is 28.5 Å². The number of carbonyl (C=O) groups is 2. The van der Waals surface area contributed by atoms with Crippen LogP contribution >= 0.6 is 22.7 Å². The first kappa shape index (κ1) is 17.0. The van der Waals surface area contributed by atoms with Crippen LogP contribution in [0.25, 0.3) is 15.7 Å². The first-order valence-corrected chi connectivity index (χ1v) is 9.74. The molecular weight excluding hydrogens is 368 g/mol. The lowest BCUT2D eigenvalue weighted by atomic mass is 10.0. The minimum absolute atomic E-state index is 0.00411. The zero-order valence-corrected chi connectivity index (χ0v) is 15.6. The SMILES string of the molecule is C/C=C1/CN(C(=O)c2cc3ccccc3s2)Cc2cc(C(=O)NO)sc21. The van der Waals surface area contributed by atoms with E-state index in [1.165, 1.54) is 22.7 Å². The van der Waals surface area contributed by atoms with Gasteiger partial charge < -0.3 is 4.90 Å². The number of nitrogens with one attached hydrogen (secondary N) is 1. The predicted molar refractivity (Wildman–Crippen MR) is 104 cm³/mol. The van der Waals surface area contributed by atoms with Crippen LogP contribution in [0, 0.1) is 0 Å². The molecule has 0 aliphatic carbocycles. The van der Waals surface area contributed by atoms with Crippen molar-refractivity contribution >= 4 is 50.1 Å². The second-order valence-corrected chi connectivity index (χ2v) is 8.17. The van der Waals surface area contributed by atoms with E-state index < -0.39 is 5.91 Å². The number of fused-ring (bicyclic) bond motifs is 2. The Balaban J connectivity index is 1.67. The van der Waals surface area contributed by atoms with Crippen molar-refractivity contribution in [1.82, 2.24) is 10.4 Å². The van der Waals surface area contributed by atoms with Crippen molar-refractivity contribution in [3.8, 4) is 0 Å². The number of hydrogen-bond donors (Lipinski definition) is 2. The van der Waals surface area contributed by atoms with Crippen LogP contribution < -0.4 is 5.48 Å². The van der Waals surface area contributed by atoms with Crippen LogP contribution in [0.15, 0.2) is 42.5 Å². The van der Waals surface area contributed by atoms with Gasteiger partial charge in [0.2, 0.25) is 0 Å². The lowest BCUT2D eigenvalue weighted by molar-refractivity contribution is 0.0711. The minimum atomic E-state index is -0.526. The van der Waals surface area contributed by atoms with Gasteiger partial charge in [-0.1, -0.05) is 24.3 Å². The third-order valence-electron chi connectivity index (χ3n) is 4.42. The molecule has 0 bridgehead atoms. The summed E-state index contributed by atoms with van der Waals surface area (Å²) >= 11 is 2.84. The van der Waals surface area contributed by atoms with Crippen molar-refractivity contribution in [3.63, 3.8) is 0 Å². The molecule has 0 saturated carbocycles. The number of nitrogens with zero attached hydrogens (tertiary/aromatic N) is 1. The molecule has 2 amide bonds. The van der Waals surface area contributed by atoms with Crippen molar-refractivity contribution in [2.45, 2.75) is 13.5 Å². The molecule has 1 aliphatic rings. The first-order valence-electron chi connectivity index (χ1n) is 8.11. The molecule has 3 aromatic rings. The molecule has 2 N–H and O–H groups in total. The van der Waals surface area contributed by atoms with Gasteiger partial charge in [0, 0.05) is 22.7 Å². The molecule has 3 heterocycles. The van der Waals surface area contributed by atoms with E-state index in [0.717, 1.165) is 26.1 Å². The molecule has 1 aromatic carbocycles. The lowest BCUT2D eigenvalue weighted by Crippen LogP contribution is -2.34. The van der Waals surface area contributed by atoms with Crippen LogP contribution in [0.5, 0.6) is 0 Å². The smallest absolute Gasteiger partial charge is 0.284 e. The quantitative estimate of drug-likeness (QED) is 0.515. The number of carbonyl (C=O) groups excluding carboxylic acids is 2. The standard InChI is InChI=1S/C19H16N2O3S2/c1-2-11-9-21(10-13-8-15(18(22)20-24)26-17(11)13)19(23)16-7-12-5-3-4-6-14(12)25-16/h2-8,24H,9-10H2,1H3,(H,20,22)/b11-2-. The Kier molecular flexibility index (Phi) is 4.36. The molecule has 5 nitrogen and oxygen atoms in total. The topological polar surface area (TPSA) is 69.6 Å². The minimum Gasteiger partial charge on any atom is -0.329 e. The van der Waals surface area contributed by atoms with Crippen molar-refractivity contribution in [3.05, 3.63) is 62.7 Å². The van der Waals surface area contributed by atoms with E-state index in [2.05, 4.69) is 0 Å². The number of allylic oxidation sites excluding steroid dienone is 1. The molecule has 7 heteroatoms. The van der Waals surface area contributed by atoms with E-state index in [1.54, 1.807) is 16.4 Å². The van der Waals surface area contributed by atoms with Crippen LogP contribution in [0.2, 0.25) is 0 Å². The highest BCUT2D eigenvalue weighted by Crippen LogP contribution is 2.36. The Labute approximate surface area is 158 Å². The van der Waals surface area contributed by atoms with Gasteiger partial charge in [0.05, 0.1) is 9.75 Å². The zero-order chi connectivity index (χ0) is 18.3. The van der Waals surface area contributed by atoms with Crippen LogP contribution in [0.4, 0.5) is 0 Å². The molecule has 26 heavy (non-hydrogen) atoms. The van der Waals surface area contributed by atoms with Gasteiger partial charge in [0.1, 0.15) is 0 Å². The maximum atomic E-state index is 13.0. The Hall–Kier alpha value is -2.48. The summed E-state index contributed by atoms with van der Waals surface area (Å²) in [7, 11) is 0. The summed E-state index contributed by atoms with van der Waals surface area (Å²) in [6, 6.07) is 11.6. The lowest BCUT2D eigenvalue weighted by Gasteiger charge is -2.28. The summed E-state index contributed by atoms with van der Waals surface area (Å²) in [5.41, 5.74) is 3.62. The molecular formula is C19H16N2O3S2. The van der Waals surface area contributed by atoms with E-state index in [1.807, 2.05) is 43.3 Å². The monoisotopic (exact) mass is 384 g/mol. The molecule has 2 aromatic heterocycles. The summed E-state index contributed by atoms with van der Waals surface area (Å²) in [4.78, 5) is 28.7. The fraction of sp³-hybridized carbons (Fsp3) is 0.158. The van der Waals surface area contributed by atoms with E-state index >= 15 is 0 Å². The van der Waals surface area contributed by atoms with Gasteiger partial charge in [-0.05, 0) is 41.6 Å². The molecule has 1 aliphatic heterocycles. The molecule has 0 atom stereocenters. The zero-order valence-electron chi connectivity index (χ0n) is 14.0. The maximum absolute atomic E-state index is 13.0. The summed E-state index contributed by atoms with van der Waals surface area (Å²) < 4.78 is 1.09. The number of hydrogen-bond acceptors (Lipinski definition) is 5. The highest BCUT2D eigenvalue weighted by Gasteiger charge is 2.28. The third kappa shape index (κ3) is 2.84. The van der Waals surface area contributed by atoms with Crippen LogP contribution in [0.3, 0.4) is 0 Å². The molecule has 132 valence electrons. The number of thiophene rings is 2. The van der Waals surface area contributed by atoms with Gasteiger partial charge >= 0.3 is 0 Å². The number of hydroxylamine groups is 1. The van der Waals surface area contributed by atoms with Gasteiger partial charge in [0.25, 0.3) is 11.8 Å². The summed E-state index contributed by atoms with van der Waals surface area (Å²) in [6.07, 6.45) is 1.97. The van der Waals surface area contributed by atoms with E-state index in [4.69, 9.17) is 5.21 Å². The van der Waals surface area contributed by atoms with E-state index in [0.29, 0.717) is 22.8 Å². The fourth-order valence-electron chi connectivity index (χ4n) is 3.13. The van der Waals surface area contributed by atoms with Gasteiger partial charge in [0.15, 0.2) is 0 Å². The van der Waals surface area contributed by atoms with Crippen LogP contribution in [0.1, 0.15) is 36.7 Å². The Morgan fingerprint density at radius 3 is 2.69 bits per heavy atom. The highest BCUT2D eigenvalue weighted by molar-refractivity contribution is 7.20. The second-order valence-electron chi connectivity index (χ2n) is 6.03. The van der Waals surface area contributed by atoms with Crippen molar-refractivity contribution < 1.29 is 14.8 Å². The molecule has 0 unspecified atom stereocenters. The Bertz CT molecular complexity index is 1020. The molecule has 0 fully saturated rings. The number of rotatable bonds is 2. The normalized spacial score (nSPS) is 15.3. The average molecular weight is 384 g/mol. The van der Waals surface area contributed by atoms with Gasteiger partial charge in [-0.3, -0.25) is 14.8 Å². The summed E-state index contributed by atoms with van der Waals surface area (Å²) in [5, 5.41) is 9.93. The Morgan fingerprint density at radius 1 is 1.15 bits per heavy atom. The van der Waals surface area contributed by atoms with E-state index in [-0.39, 0.29) is 5.91 Å². The molecule has 0 spiro atoms. The van der Waals surface area contributed by atoms with E-state index in [9.17, 15) is 9.59 Å². The van der Waals surface area contributed by atoms with Crippen molar-refractivity contribution in [2.75, 3.05) is 6.54 Å². The molecule has 4 rings (SSSR count). The fourth-order valence-corrected chi connectivity index (χ4v) is 5.29. The summed E-state index contributed by atoms with van der Waals surface area (Å²) in [5.74, 6) is -0.530. The average Bonchev–Trinajstić information content (AvgIpc) is 3.29. The first-order chi connectivity index (χ1) is 12.6. The van der Waals surface area contributed by atoms with Crippen molar-refractivity contribution in [2.24, 2.45) is 0 Å². The molecule has 0 radical (unpaired) electrons.